The van der Waals surface area contributed by atoms with Crippen molar-refractivity contribution >= 4 is 5.97 Å². The first-order valence-corrected chi connectivity index (χ1v) is 8.73. The molecule has 128 valence electrons. The summed E-state index contributed by atoms with van der Waals surface area (Å²) in [5.41, 5.74) is 1.05. The average Bonchev–Trinajstić information content (AvgIpc) is 3.04. The molecule has 0 unspecified atom stereocenters. The molecule has 0 saturated heterocycles. The summed E-state index contributed by atoms with van der Waals surface area (Å²) in [7, 11) is 0. The summed E-state index contributed by atoms with van der Waals surface area (Å²) in [6, 6.07) is 10.3. The van der Waals surface area contributed by atoms with Crippen molar-refractivity contribution in [2.45, 2.75) is 58.1 Å². The van der Waals surface area contributed by atoms with E-state index in [9.17, 15) is 4.79 Å². The van der Waals surface area contributed by atoms with Gasteiger partial charge in [-0.1, -0.05) is 56.5 Å². The van der Waals surface area contributed by atoms with E-state index in [0.29, 0.717) is 30.7 Å². The fourth-order valence-corrected chi connectivity index (χ4v) is 2.98. The van der Waals surface area contributed by atoms with Gasteiger partial charge in [-0.15, -0.1) is 5.10 Å². The van der Waals surface area contributed by atoms with Crippen LogP contribution in [0.4, 0.5) is 0 Å². The molecule has 1 aliphatic carbocycles. The molecule has 0 bridgehead atoms. The zero-order valence-electron chi connectivity index (χ0n) is 14.1. The van der Waals surface area contributed by atoms with Gasteiger partial charge in [-0.2, -0.15) is 0 Å². The minimum atomic E-state index is -0.275. The van der Waals surface area contributed by atoms with Crippen LogP contribution in [-0.2, 0) is 11.4 Å². The van der Waals surface area contributed by atoms with Crippen LogP contribution in [0, 0.1) is 0 Å². The molecule has 5 heteroatoms. The first kappa shape index (κ1) is 16.6. The maximum absolute atomic E-state index is 11.7. The number of rotatable bonds is 6. The molecule has 1 saturated carbocycles. The Morgan fingerprint density at radius 3 is 2.67 bits per heavy atom. The third-order valence-corrected chi connectivity index (χ3v) is 4.35. The number of esters is 1. The van der Waals surface area contributed by atoms with Crippen molar-refractivity contribution < 1.29 is 14.3 Å². The molecule has 1 heterocycles. The smallest absolute Gasteiger partial charge is 0.311 e. The van der Waals surface area contributed by atoms with Crippen molar-refractivity contribution in [1.29, 1.82) is 0 Å². The van der Waals surface area contributed by atoms with Gasteiger partial charge in [0.05, 0.1) is 12.2 Å². The van der Waals surface area contributed by atoms with Crippen LogP contribution in [0.3, 0.4) is 0 Å². The fraction of sp³-hybridized carbons (Fsp3) is 0.474. The number of benzene rings is 1. The van der Waals surface area contributed by atoms with E-state index in [2.05, 4.69) is 5.10 Å². The molecule has 0 spiro atoms. The molecule has 24 heavy (non-hydrogen) atoms. The Balaban J connectivity index is 1.76. The van der Waals surface area contributed by atoms with Crippen molar-refractivity contribution in [3.8, 4) is 11.6 Å². The lowest BCUT2D eigenvalue weighted by molar-refractivity contribution is -0.134. The molecule has 0 radical (unpaired) electrons. The Morgan fingerprint density at radius 2 is 1.96 bits per heavy atom. The van der Waals surface area contributed by atoms with Gasteiger partial charge < -0.3 is 9.47 Å². The van der Waals surface area contributed by atoms with E-state index in [4.69, 9.17) is 9.47 Å². The molecule has 1 fully saturated rings. The van der Waals surface area contributed by atoms with E-state index in [1.807, 2.05) is 41.2 Å². The predicted octanol–water partition coefficient (Wildman–Crippen LogP) is 4.28. The van der Waals surface area contributed by atoms with Gasteiger partial charge in [-0.25, -0.2) is 0 Å². The third-order valence-electron chi connectivity index (χ3n) is 4.35. The Hall–Kier alpha value is -2.30. The highest BCUT2D eigenvalue weighted by Crippen LogP contribution is 2.33. The summed E-state index contributed by atoms with van der Waals surface area (Å²) in [5.74, 6) is 0.539. The molecule has 0 aliphatic heterocycles. The van der Waals surface area contributed by atoms with Gasteiger partial charge >= 0.3 is 5.97 Å². The minimum Gasteiger partial charge on any atom is -0.469 e. The van der Waals surface area contributed by atoms with Gasteiger partial charge in [-0.05, 0) is 18.4 Å². The number of nitrogens with zero attached hydrogens (tertiary/aromatic N) is 2. The standard InChI is InChI=1S/C19H24N2O3/c1-2-18(22)24-17-13-21(16-11-7-4-8-12-16)20-19(17)23-14-15-9-5-3-6-10-15/h3,5-6,9-10,13,16H,2,4,7-8,11-12,14H2,1H3. The van der Waals surface area contributed by atoms with E-state index in [-0.39, 0.29) is 5.97 Å². The van der Waals surface area contributed by atoms with Crippen molar-refractivity contribution in [3.05, 3.63) is 42.1 Å². The maximum atomic E-state index is 11.7. The van der Waals surface area contributed by atoms with E-state index >= 15 is 0 Å². The van der Waals surface area contributed by atoms with Gasteiger partial charge in [0.2, 0.25) is 5.75 Å². The fourth-order valence-electron chi connectivity index (χ4n) is 2.98. The van der Waals surface area contributed by atoms with Gasteiger partial charge in [0.25, 0.3) is 5.88 Å². The van der Waals surface area contributed by atoms with Crippen LogP contribution >= 0.6 is 0 Å². The number of ether oxygens (including phenoxy) is 2. The second-order valence-corrected chi connectivity index (χ2v) is 6.17. The van der Waals surface area contributed by atoms with Crippen LogP contribution < -0.4 is 9.47 Å². The zero-order valence-corrected chi connectivity index (χ0v) is 14.1. The van der Waals surface area contributed by atoms with Crippen LogP contribution in [0.15, 0.2) is 36.5 Å². The molecular weight excluding hydrogens is 304 g/mol. The van der Waals surface area contributed by atoms with Gasteiger partial charge in [0.1, 0.15) is 6.61 Å². The van der Waals surface area contributed by atoms with Crippen molar-refractivity contribution in [3.63, 3.8) is 0 Å². The van der Waals surface area contributed by atoms with E-state index in [1.54, 1.807) is 6.92 Å². The van der Waals surface area contributed by atoms with Crippen molar-refractivity contribution in [2.75, 3.05) is 0 Å². The molecular formula is C19H24N2O3. The molecule has 0 atom stereocenters. The first-order chi connectivity index (χ1) is 11.8. The van der Waals surface area contributed by atoms with Crippen LogP contribution in [-0.4, -0.2) is 15.7 Å². The summed E-state index contributed by atoms with van der Waals surface area (Å²) in [6.07, 6.45) is 8.08. The molecule has 1 aliphatic rings. The highest BCUT2D eigenvalue weighted by molar-refractivity contribution is 5.72. The quantitative estimate of drug-likeness (QED) is 0.743. The summed E-state index contributed by atoms with van der Waals surface area (Å²) >= 11 is 0. The normalized spacial score (nSPS) is 15.2. The Morgan fingerprint density at radius 1 is 1.21 bits per heavy atom. The summed E-state index contributed by atoms with van der Waals surface area (Å²) in [5, 5.41) is 4.55. The largest absolute Gasteiger partial charge is 0.469 e. The van der Waals surface area contributed by atoms with E-state index in [0.717, 1.165) is 18.4 Å². The number of hydrogen-bond acceptors (Lipinski definition) is 4. The summed E-state index contributed by atoms with van der Waals surface area (Å²) in [4.78, 5) is 11.7. The lowest BCUT2D eigenvalue weighted by Crippen LogP contribution is -2.13. The van der Waals surface area contributed by atoms with Crippen LogP contribution in [0.25, 0.3) is 0 Å². The van der Waals surface area contributed by atoms with Gasteiger partial charge in [0, 0.05) is 6.42 Å². The SMILES string of the molecule is CCC(=O)Oc1cn(C2CCCCC2)nc1OCc1ccccc1. The summed E-state index contributed by atoms with van der Waals surface area (Å²) in [6.45, 7) is 2.18. The van der Waals surface area contributed by atoms with Crippen molar-refractivity contribution in [2.24, 2.45) is 0 Å². The highest BCUT2D eigenvalue weighted by atomic mass is 16.6. The Kier molecular flexibility index (Phi) is 5.51. The van der Waals surface area contributed by atoms with Crippen LogP contribution in [0.1, 0.15) is 57.1 Å². The molecule has 1 aromatic carbocycles. The third kappa shape index (κ3) is 4.16. The molecule has 5 nitrogen and oxygen atoms in total. The number of hydrogen-bond donors (Lipinski definition) is 0. The average molecular weight is 328 g/mol. The second kappa shape index (κ2) is 7.99. The van der Waals surface area contributed by atoms with Gasteiger partial charge in [-0.3, -0.25) is 9.48 Å². The topological polar surface area (TPSA) is 53.4 Å². The lowest BCUT2D eigenvalue weighted by Gasteiger charge is -2.21. The predicted molar refractivity (Wildman–Crippen MR) is 91.0 cm³/mol. The molecule has 0 N–H and O–H groups in total. The van der Waals surface area contributed by atoms with Gasteiger partial charge in [0.15, 0.2) is 0 Å². The van der Waals surface area contributed by atoms with E-state index < -0.39 is 0 Å². The Labute approximate surface area is 142 Å². The lowest BCUT2D eigenvalue weighted by atomic mass is 9.96. The minimum absolute atomic E-state index is 0.275. The zero-order chi connectivity index (χ0) is 16.8. The first-order valence-electron chi connectivity index (χ1n) is 8.73. The number of aromatic nitrogens is 2. The number of carbonyl (C=O) groups excluding carboxylic acids is 1. The van der Waals surface area contributed by atoms with Crippen LogP contribution in [0.2, 0.25) is 0 Å². The number of carbonyl (C=O) groups is 1. The molecule has 1 aromatic heterocycles. The van der Waals surface area contributed by atoms with Crippen molar-refractivity contribution in [1.82, 2.24) is 9.78 Å². The molecule has 0 amide bonds. The monoisotopic (exact) mass is 328 g/mol. The van der Waals surface area contributed by atoms with Crippen LogP contribution in [0.5, 0.6) is 11.6 Å². The molecule has 2 aromatic rings. The van der Waals surface area contributed by atoms with E-state index in [1.165, 1.54) is 19.3 Å². The summed E-state index contributed by atoms with van der Waals surface area (Å²) < 4.78 is 13.2. The second-order valence-electron chi connectivity index (χ2n) is 6.17. The maximum Gasteiger partial charge on any atom is 0.311 e. The Bertz CT molecular complexity index is 661. The highest BCUT2D eigenvalue weighted by Gasteiger charge is 2.21. The molecule has 3 rings (SSSR count).